The monoisotopic (exact) mass is 373 g/mol. The number of piperazine rings is 1. The number of oxazole rings is 1. The number of benzene rings is 2. The van der Waals surface area contributed by atoms with Crippen molar-refractivity contribution < 1.29 is 12.8 Å². The maximum absolute atomic E-state index is 12.8. The first-order valence-electron chi connectivity index (χ1n) is 8.38. The molecule has 7 nitrogen and oxygen atoms in total. The zero-order valence-electron chi connectivity index (χ0n) is 14.3. The van der Waals surface area contributed by atoms with E-state index in [2.05, 4.69) is 9.88 Å². The summed E-state index contributed by atoms with van der Waals surface area (Å²) >= 11 is 0. The molecule has 0 spiro atoms. The summed E-state index contributed by atoms with van der Waals surface area (Å²) in [6, 6.07) is 12.5. The summed E-state index contributed by atoms with van der Waals surface area (Å²) in [5, 5.41) is 0. The van der Waals surface area contributed by atoms with Gasteiger partial charge in [0.05, 0.1) is 10.4 Å². The van der Waals surface area contributed by atoms with Crippen molar-refractivity contribution in [2.45, 2.75) is 11.8 Å². The molecule has 2 aromatic carbocycles. The van der Waals surface area contributed by atoms with E-state index in [1.807, 2.05) is 25.1 Å². The van der Waals surface area contributed by atoms with Crippen LogP contribution in [0.3, 0.4) is 0 Å². The number of hydrogen-bond acceptors (Lipinski definition) is 5. The molecule has 0 saturated carbocycles. The number of anilines is 1. The lowest BCUT2D eigenvalue weighted by Gasteiger charge is -2.35. The highest BCUT2D eigenvalue weighted by atomic mass is 32.2. The van der Waals surface area contributed by atoms with Crippen molar-refractivity contribution in [3.8, 4) is 0 Å². The Labute approximate surface area is 150 Å². The molecule has 1 aliphatic heterocycles. The summed E-state index contributed by atoms with van der Waals surface area (Å²) in [6.45, 7) is 3.87. The Kier molecular flexibility index (Phi) is 4.08. The number of sulfonamides is 1. The molecule has 136 valence electrons. The van der Waals surface area contributed by atoms with Gasteiger partial charge >= 0.3 is 5.76 Å². The van der Waals surface area contributed by atoms with E-state index in [1.54, 1.807) is 24.3 Å². The van der Waals surface area contributed by atoms with Gasteiger partial charge in [-0.1, -0.05) is 12.1 Å². The van der Waals surface area contributed by atoms with Crippen molar-refractivity contribution in [1.82, 2.24) is 9.29 Å². The number of nitrogens with zero attached hydrogens (tertiary/aromatic N) is 2. The normalized spacial score (nSPS) is 16.3. The number of nitrogens with one attached hydrogen (secondary N) is 1. The second-order valence-corrected chi connectivity index (χ2v) is 8.34. The first kappa shape index (κ1) is 16.9. The number of H-pyrrole nitrogens is 1. The van der Waals surface area contributed by atoms with Crippen LogP contribution in [0.5, 0.6) is 0 Å². The van der Waals surface area contributed by atoms with Gasteiger partial charge in [-0.25, -0.2) is 13.2 Å². The van der Waals surface area contributed by atoms with E-state index in [1.165, 1.54) is 4.31 Å². The molecule has 0 atom stereocenters. The Hall–Kier alpha value is -2.58. The van der Waals surface area contributed by atoms with Crippen LogP contribution in [0.4, 0.5) is 5.69 Å². The molecule has 0 unspecified atom stereocenters. The Morgan fingerprint density at radius 1 is 1.04 bits per heavy atom. The molecule has 0 bridgehead atoms. The van der Waals surface area contributed by atoms with Crippen molar-refractivity contribution in [2.75, 3.05) is 31.1 Å². The number of hydrogen-bond donors (Lipinski definition) is 1. The third kappa shape index (κ3) is 3.02. The molecule has 1 saturated heterocycles. The summed E-state index contributed by atoms with van der Waals surface area (Å²) in [4.78, 5) is 16.4. The average Bonchev–Trinajstić information content (AvgIpc) is 3.01. The fraction of sp³-hybridized carbons (Fsp3) is 0.278. The number of rotatable bonds is 3. The zero-order chi connectivity index (χ0) is 18.3. The maximum Gasteiger partial charge on any atom is 0.417 e. The fourth-order valence-corrected chi connectivity index (χ4v) is 4.78. The largest absolute Gasteiger partial charge is 0.417 e. The number of aromatic nitrogens is 1. The van der Waals surface area contributed by atoms with Gasteiger partial charge in [0, 0.05) is 31.9 Å². The molecule has 0 radical (unpaired) electrons. The topological polar surface area (TPSA) is 86.6 Å². The molecule has 0 amide bonds. The van der Waals surface area contributed by atoms with E-state index in [4.69, 9.17) is 4.42 Å². The highest BCUT2D eigenvalue weighted by Gasteiger charge is 2.28. The van der Waals surface area contributed by atoms with Gasteiger partial charge in [0.25, 0.3) is 0 Å². The van der Waals surface area contributed by atoms with Crippen molar-refractivity contribution in [3.05, 3.63) is 58.6 Å². The molecule has 1 aromatic heterocycles. The predicted octanol–water partition coefficient (Wildman–Crippen LogP) is 1.94. The first-order valence-corrected chi connectivity index (χ1v) is 9.82. The highest BCUT2D eigenvalue weighted by Crippen LogP contribution is 2.24. The molecular weight excluding hydrogens is 354 g/mol. The zero-order valence-corrected chi connectivity index (χ0v) is 15.1. The van der Waals surface area contributed by atoms with Crippen LogP contribution in [-0.4, -0.2) is 43.9 Å². The van der Waals surface area contributed by atoms with Crippen LogP contribution in [0.1, 0.15) is 5.56 Å². The fourth-order valence-electron chi connectivity index (χ4n) is 3.25. The van der Waals surface area contributed by atoms with Crippen LogP contribution in [0, 0.1) is 6.92 Å². The van der Waals surface area contributed by atoms with Crippen LogP contribution in [-0.2, 0) is 10.0 Å². The highest BCUT2D eigenvalue weighted by molar-refractivity contribution is 7.89. The molecule has 1 N–H and O–H groups in total. The van der Waals surface area contributed by atoms with E-state index in [-0.39, 0.29) is 0 Å². The van der Waals surface area contributed by atoms with Gasteiger partial charge in [-0.2, -0.15) is 4.31 Å². The molecule has 0 aliphatic carbocycles. The number of aryl methyl sites for hydroxylation is 1. The summed E-state index contributed by atoms with van der Waals surface area (Å²) in [5.41, 5.74) is 3.01. The number of aromatic amines is 1. The molecule has 3 aromatic rings. The van der Waals surface area contributed by atoms with Crippen LogP contribution >= 0.6 is 0 Å². The molecular formula is C18H19N3O4S. The van der Waals surface area contributed by atoms with Crippen molar-refractivity contribution >= 4 is 26.8 Å². The van der Waals surface area contributed by atoms with E-state index >= 15 is 0 Å². The quantitative estimate of drug-likeness (QED) is 0.758. The lowest BCUT2D eigenvalue weighted by atomic mass is 10.2. The molecule has 26 heavy (non-hydrogen) atoms. The average molecular weight is 373 g/mol. The minimum absolute atomic E-state index is 0.336. The van der Waals surface area contributed by atoms with Crippen LogP contribution < -0.4 is 10.7 Å². The van der Waals surface area contributed by atoms with E-state index in [0.717, 1.165) is 11.3 Å². The SMILES string of the molecule is Cc1cccc(S(=O)(=O)N2CCN(c3ccc4oc(=O)[nH]c4c3)CC2)c1. The number of fused-ring (bicyclic) bond motifs is 1. The van der Waals surface area contributed by atoms with Gasteiger partial charge in [-0.15, -0.1) is 0 Å². The summed E-state index contributed by atoms with van der Waals surface area (Å²) in [5.74, 6) is -0.480. The summed E-state index contributed by atoms with van der Waals surface area (Å²) in [7, 11) is -3.48. The van der Waals surface area contributed by atoms with Crippen molar-refractivity contribution in [1.29, 1.82) is 0 Å². The second kappa shape index (κ2) is 6.30. The van der Waals surface area contributed by atoms with E-state index in [0.29, 0.717) is 42.2 Å². The molecule has 8 heteroatoms. The van der Waals surface area contributed by atoms with Gasteiger partial charge in [-0.05, 0) is 42.8 Å². The Morgan fingerprint density at radius 3 is 2.54 bits per heavy atom. The summed E-state index contributed by atoms with van der Waals surface area (Å²) < 4.78 is 32.2. The smallest absolute Gasteiger partial charge is 0.408 e. The minimum Gasteiger partial charge on any atom is -0.408 e. The van der Waals surface area contributed by atoms with Crippen molar-refractivity contribution in [2.24, 2.45) is 0 Å². The van der Waals surface area contributed by atoms with Crippen LogP contribution in [0.25, 0.3) is 11.1 Å². The maximum atomic E-state index is 12.8. The third-order valence-electron chi connectivity index (χ3n) is 4.63. The van der Waals surface area contributed by atoms with Crippen molar-refractivity contribution in [3.63, 3.8) is 0 Å². The van der Waals surface area contributed by atoms with Gasteiger partial charge in [0.2, 0.25) is 10.0 Å². The molecule has 4 rings (SSSR count). The van der Waals surface area contributed by atoms with Gasteiger partial charge in [-0.3, -0.25) is 4.98 Å². The van der Waals surface area contributed by atoms with Gasteiger partial charge in [0.1, 0.15) is 0 Å². The van der Waals surface area contributed by atoms with Crippen LogP contribution in [0.2, 0.25) is 0 Å². The minimum atomic E-state index is -3.48. The van der Waals surface area contributed by atoms with Crippen LogP contribution in [0.15, 0.2) is 56.6 Å². The Morgan fingerprint density at radius 2 is 1.81 bits per heavy atom. The summed E-state index contributed by atoms with van der Waals surface area (Å²) in [6.07, 6.45) is 0. The van der Waals surface area contributed by atoms with Gasteiger partial charge in [0.15, 0.2) is 5.58 Å². The molecule has 2 heterocycles. The third-order valence-corrected chi connectivity index (χ3v) is 6.53. The Bertz CT molecular complexity index is 1110. The molecule has 1 fully saturated rings. The van der Waals surface area contributed by atoms with E-state index in [9.17, 15) is 13.2 Å². The van der Waals surface area contributed by atoms with Gasteiger partial charge < -0.3 is 9.32 Å². The lowest BCUT2D eigenvalue weighted by molar-refractivity contribution is 0.385. The molecule has 1 aliphatic rings. The first-order chi connectivity index (χ1) is 12.4. The predicted molar refractivity (Wildman–Crippen MR) is 99.0 cm³/mol. The van der Waals surface area contributed by atoms with E-state index < -0.39 is 15.8 Å². The second-order valence-electron chi connectivity index (χ2n) is 6.40. The lowest BCUT2D eigenvalue weighted by Crippen LogP contribution is -2.48. The Balaban J connectivity index is 1.52. The standard InChI is InChI=1S/C18H19N3O4S/c1-13-3-2-4-15(11-13)26(23,24)21-9-7-20(8-10-21)14-5-6-17-16(12-14)19-18(22)25-17/h2-6,11-12H,7-10H2,1H3,(H,19,22).